The minimum absolute atomic E-state index is 0.0115. The second kappa shape index (κ2) is 3.51. The zero-order valence-electron chi connectivity index (χ0n) is 6.70. The van der Waals surface area contributed by atoms with Crippen LogP contribution in [0.4, 0.5) is 0 Å². The molecule has 4 N–H and O–H groups in total. The summed E-state index contributed by atoms with van der Waals surface area (Å²) >= 11 is 0. The molecule has 0 radical (unpaired) electrons. The first-order valence-electron chi connectivity index (χ1n) is 3.78. The fraction of sp³-hybridized carbons (Fsp3) is 0.333. The minimum Gasteiger partial charge on any atom is -0.326 e. The van der Waals surface area contributed by atoms with Gasteiger partial charge in [0.1, 0.15) is 0 Å². The second-order valence-corrected chi connectivity index (χ2v) is 2.80. The van der Waals surface area contributed by atoms with Crippen LogP contribution >= 0.6 is 0 Å². The monoisotopic (exact) mass is 150 g/mol. The predicted molar refractivity (Wildman–Crippen MR) is 47.0 cm³/mol. The number of hydrogen-bond acceptors (Lipinski definition) is 2. The molecule has 0 saturated carbocycles. The van der Waals surface area contributed by atoms with Crippen molar-refractivity contribution in [3.63, 3.8) is 0 Å². The minimum atomic E-state index is -0.0452. The molecule has 2 heteroatoms. The molecule has 11 heavy (non-hydrogen) atoms. The highest BCUT2D eigenvalue weighted by molar-refractivity contribution is 5.19. The zero-order valence-corrected chi connectivity index (χ0v) is 6.70. The highest BCUT2D eigenvalue weighted by Crippen LogP contribution is 2.11. The van der Waals surface area contributed by atoms with Gasteiger partial charge >= 0.3 is 0 Å². The zero-order chi connectivity index (χ0) is 8.27. The molecule has 2 nitrogen and oxygen atoms in total. The summed E-state index contributed by atoms with van der Waals surface area (Å²) in [5, 5.41) is 0. The van der Waals surface area contributed by atoms with Crippen molar-refractivity contribution in [1.82, 2.24) is 0 Å². The van der Waals surface area contributed by atoms with E-state index in [9.17, 15) is 0 Å². The van der Waals surface area contributed by atoms with Crippen LogP contribution in [-0.4, -0.2) is 6.04 Å². The quantitative estimate of drug-likeness (QED) is 0.661. The van der Waals surface area contributed by atoms with Gasteiger partial charge in [-0.2, -0.15) is 0 Å². The Labute approximate surface area is 67.2 Å². The fourth-order valence-corrected chi connectivity index (χ4v) is 0.979. The topological polar surface area (TPSA) is 52.0 Å². The highest BCUT2D eigenvalue weighted by Gasteiger charge is 2.08. The molecule has 1 aromatic carbocycles. The van der Waals surface area contributed by atoms with E-state index in [0.717, 1.165) is 5.56 Å². The molecule has 0 aliphatic rings. The van der Waals surface area contributed by atoms with Crippen LogP contribution in [-0.2, 0) is 0 Å². The Hall–Kier alpha value is -0.860. The van der Waals surface area contributed by atoms with Crippen molar-refractivity contribution in [3.05, 3.63) is 35.9 Å². The van der Waals surface area contributed by atoms with Crippen LogP contribution < -0.4 is 11.5 Å². The van der Waals surface area contributed by atoms with E-state index in [1.165, 1.54) is 0 Å². The van der Waals surface area contributed by atoms with E-state index in [1.807, 2.05) is 37.3 Å². The van der Waals surface area contributed by atoms with Gasteiger partial charge in [-0.25, -0.2) is 0 Å². The van der Waals surface area contributed by atoms with Crippen molar-refractivity contribution in [2.45, 2.75) is 19.0 Å². The third-order valence-electron chi connectivity index (χ3n) is 1.75. The standard InChI is InChI=1S/C9H14N2/c1-7(10)9(11)8-5-3-2-4-6-8/h2-7,9H,10-11H2,1H3/t7-,9+/m0/s1. The average Bonchev–Trinajstić information content (AvgIpc) is 2.05. The smallest absolute Gasteiger partial charge is 0.0445 e. The summed E-state index contributed by atoms with van der Waals surface area (Å²) in [7, 11) is 0. The molecule has 0 spiro atoms. The Bertz CT molecular complexity index is 206. The van der Waals surface area contributed by atoms with Crippen LogP contribution in [0.5, 0.6) is 0 Å². The van der Waals surface area contributed by atoms with E-state index >= 15 is 0 Å². The van der Waals surface area contributed by atoms with Crippen LogP contribution in [0.15, 0.2) is 30.3 Å². The first kappa shape index (κ1) is 8.24. The van der Waals surface area contributed by atoms with E-state index in [2.05, 4.69) is 0 Å². The maximum Gasteiger partial charge on any atom is 0.0445 e. The van der Waals surface area contributed by atoms with Gasteiger partial charge in [0.15, 0.2) is 0 Å². The van der Waals surface area contributed by atoms with Gasteiger partial charge in [-0.15, -0.1) is 0 Å². The summed E-state index contributed by atoms with van der Waals surface area (Å²) < 4.78 is 0. The van der Waals surface area contributed by atoms with Gasteiger partial charge in [0.2, 0.25) is 0 Å². The number of rotatable bonds is 2. The summed E-state index contributed by atoms with van der Waals surface area (Å²) in [6.45, 7) is 1.91. The molecule has 0 aliphatic heterocycles. The van der Waals surface area contributed by atoms with Gasteiger partial charge in [0.05, 0.1) is 0 Å². The number of nitrogens with two attached hydrogens (primary N) is 2. The van der Waals surface area contributed by atoms with Crippen LogP contribution in [0.1, 0.15) is 18.5 Å². The van der Waals surface area contributed by atoms with Gasteiger partial charge in [-0.1, -0.05) is 30.3 Å². The third kappa shape index (κ3) is 2.03. The number of benzene rings is 1. The summed E-state index contributed by atoms with van der Waals surface area (Å²) in [5.74, 6) is 0. The third-order valence-corrected chi connectivity index (χ3v) is 1.75. The van der Waals surface area contributed by atoms with E-state index < -0.39 is 0 Å². The molecule has 2 atom stereocenters. The Morgan fingerprint density at radius 2 is 1.64 bits per heavy atom. The second-order valence-electron chi connectivity index (χ2n) is 2.80. The van der Waals surface area contributed by atoms with E-state index in [-0.39, 0.29) is 12.1 Å². The lowest BCUT2D eigenvalue weighted by Crippen LogP contribution is -2.30. The molecule has 0 fully saturated rings. The summed E-state index contributed by atoms with van der Waals surface area (Å²) in [6, 6.07) is 9.86. The van der Waals surface area contributed by atoms with Gasteiger partial charge in [0.25, 0.3) is 0 Å². The maximum absolute atomic E-state index is 5.81. The predicted octanol–water partition coefficient (Wildman–Crippen LogP) is 1.03. The molecule has 0 aromatic heterocycles. The Balaban J connectivity index is 2.77. The molecule has 0 bridgehead atoms. The fourth-order valence-electron chi connectivity index (χ4n) is 0.979. The molecule has 0 unspecified atom stereocenters. The Morgan fingerprint density at radius 3 is 2.09 bits per heavy atom. The average molecular weight is 150 g/mol. The van der Waals surface area contributed by atoms with Gasteiger partial charge < -0.3 is 11.5 Å². The Morgan fingerprint density at radius 1 is 1.09 bits per heavy atom. The first-order valence-corrected chi connectivity index (χ1v) is 3.78. The Kier molecular flexibility index (Phi) is 2.63. The van der Waals surface area contributed by atoms with E-state index in [4.69, 9.17) is 11.5 Å². The van der Waals surface area contributed by atoms with Crippen LogP contribution in [0, 0.1) is 0 Å². The molecule has 0 heterocycles. The largest absolute Gasteiger partial charge is 0.326 e. The van der Waals surface area contributed by atoms with Crippen molar-refractivity contribution >= 4 is 0 Å². The lowest BCUT2D eigenvalue weighted by atomic mass is 10.0. The van der Waals surface area contributed by atoms with Gasteiger partial charge in [-0.3, -0.25) is 0 Å². The number of hydrogen-bond donors (Lipinski definition) is 2. The molecular formula is C9H14N2. The highest BCUT2D eigenvalue weighted by atomic mass is 14.8. The van der Waals surface area contributed by atoms with Gasteiger partial charge in [-0.05, 0) is 12.5 Å². The molecule has 0 amide bonds. The van der Waals surface area contributed by atoms with Crippen molar-refractivity contribution in [2.24, 2.45) is 11.5 Å². The van der Waals surface area contributed by atoms with Crippen LogP contribution in [0.2, 0.25) is 0 Å². The maximum atomic E-state index is 5.81. The molecule has 0 aliphatic carbocycles. The molecular weight excluding hydrogens is 136 g/mol. The summed E-state index contributed by atoms with van der Waals surface area (Å²) in [4.78, 5) is 0. The SMILES string of the molecule is C[C@H](N)[C@@H](N)c1ccccc1. The van der Waals surface area contributed by atoms with Gasteiger partial charge in [0, 0.05) is 12.1 Å². The van der Waals surface area contributed by atoms with Crippen molar-refractivity contribution < 1.29 is 0 Å². The van der Waals surface area contributed by atoms with E-state index in [1.54, 1.807) is 0 Å². The molecule has 1 rings (SSSR count). The molecule has 0 saturated heterocycles. The molecule has 60 valence electrons. The normalized spacial score (nSPS) is 15.9. The van der Waals surface area contributed by atoms with Crippen molar-refractivity contribution in [3.8, 4) is 0 Å². The summed E-state index contributed by atoms with van der Waals surface area (Å²) in [6.07, 6.45) is 0. The lowest BCUT2D eigenvalue weighted by Gasteiger charge is -2.15. The van der Waals surface area contributed by atoms with E-state index in [0.29, 0.717) is 0 Å². The summed E-state index contributed by atoms with van der Waals surface area (Å²) in [5.41, 5.74) is 12.6. The first-order chi connectivity index (χ1) is 5.22. The van der Waals surface area contributed by atoms with Crippen molar-refractivity contribution in [2.75, 3.05) is 0 Å². The lowest BCUT2D eigenvalue weighted by molar-refractivity contribution is 0.589. The molecule has 1 aromatic rings. The van der Waals surface area contributed by atoms with Crippen LogP contribution in [0.3, 0.4) is 0 Å². The van der Waals surface area contributed by atoms with Crippen LogP contribution in [0.25, 0.3) is 0 Å². The van der Waals surface area contributed by atoms with Crippen molar-refractivity contribution in [1.29, 1.82) is 0 Å².